The molecule has 0 unspecified atom stereocenters. The maximum Gasteiger partial charge on any atom is 0.243 e. The molecule has 174 valence electrons. The van der Waals surface area contributed by atoms with E-state index in [-0.39, 0.29) is 10.8 Å². The molecule has 5 rings (SSSR count). The first kappa shape index (κ1) is 21.7. The molecule has 3 aliphatic rings. The first-order valence-corrected chi connectivity index (χ1v) is 12.8. The Bertz CT molecular complexity index is 1080. The maximum atomic E-state index is 12.8. The summed E-state index contributed by atoms with van der Waals surface area (Å²) >= 11 is 0. The van der Waals surface area contributed by atoms with Gasteiger partial charge in [-0.3, -0.25) is 4.79 Å². The number of likely N-dealkylation sites (tertiary alicyclic amines) is 1. The number of aryl methyl sites for hydroxylation is 1. The van der Waals surface area contributed by atoms with Crippen molar-refractivity contribution in [2.75, 3.05) is 39.4 Å². The standard InChI is InChI=1S/C21H29N5O5S/c27-20(24-12-7-21(8-13-24)30-14-15-31-21)4-3-11-26-19-6-5-17(16-18(19)22-23-26)32(28,29)25-9-1-2-10-25/h5-6,16H,1-4,7-15H2. The van der Waals surface area contributed by atoms with E-state index in [4.69, 9.17) is 9.47 Å². The number of benzene rings is 1. The lowest BCUT2D eigenvalue weighted by atomic mass is 10.0. The Morgan fingerprint density at radius 2 is 1.78 bits per heavy atom. The third-order valence-electron chi connectivity index (χ3n) is 6.64. The highest BCUT2D eigenvalue weighted by atomic mass is 32.2. The van der Waals surface area contributed by atoms with Gasteiger partial charge in [0.25, 0.3) is 0 Å². The summed E-state index contributed by atoms with van der Waals surface area (Å²) in [6.07, 6.45) is 4.30. The topological polar surface area (TPSA) is 107 Å². The van der Waals surface area contributed by atoms with Gasteiger partial charge in [-0.1, -0.05) is 5.21 Å². The van der Waals surface area contributed by atoms with Crippen LogP contribution >= 0.6 is 0 Å². The molecule has 0 saturated carbocycles. The average molecular weight is 464 g/mol. The second-order valence-electron chi connectivity index (χ2n) is 8.67. The molecule has 2 aromatic rings. The fourth-order valence-corrected chi connectivity index (χ4v) is 6.31. The fraction of sp³-hybridized carbons (Fsp3) is 0.667. The summed E-state index contributed by atoms with van der Waals surface area (Å²) in [5.41, 5.74) is 1.32. The zero-order valence-corrected chi connectivity index (χ0v) is 18.9. The number of hydrogen-bond donors (Lipinski definition) is 0. The molecule has 1 amide bonds. The van der Waals surface area contributed by atoms with Crippen molar-refractivity contribution in [2.24, 2.45) is 0 Å². The minimum absolute atomic E-state index is 0.126. The molecule has 3 saturated heterocycles. The van der Waals surface area contributed by atoms with Gasteiger partial charge in [-0.2, -0.15) is 4.31 Å². The van der Waals surface area contributed by atoms with Crippen molar-refractivity contribution >= 4 is 27.0 Å². The smallest absolute Gasteiger partial charge is 0.243 e. The summed E-state index contributed by atoms with van der Waals surface area (Å²) < 4.78 is 40.3. The van der Waals surface area contributed by atoms with Crippen LogP contribution in [0.2, 0.25) is 0 Å². The van der Waals surface area contributed by atoms with E-state index < -0.39 is 15.8 Å². The lowest BCUT2D eigenvalue weighted by Gasteiger charge is -2.37. The molecule has 32 heavy (non-hydrogen) atoms. The van der Waals surface area contributed by atoms with Gasteiger partial charge in [-0.05, 0) is 37.5 Å². The van der Waals surface area contributed by atoms with Crippen molar-refractivity contribution < 1.29 is 22.7 Å². The quantitative estimate of drug-likeness (QED) is 0.637. The van der Waals surface area contributed by atoms with Crippen molar-refractivity contribution in [1.82, 2.24) is 24.2 Å². The summed E-state index contributed by atoms with van der Waals surface area (Å²) in [6, 6.07) is 4.97. The zero-order chi connectivity index (χ0) is 22.2. The van der Waals surface area contributed by atoms with E-state index in [1.54, 1.807) is 22.9 Å². The monoisotopic (exact) mass is 463 g/mol. The number of amides is 1. The first-order chi connectivity index (χ1) is 15.5. The first-order valence-electron chi connectivity index (χ1n) is 11.4. The van der Waals surface area contributed by atoms with Gasteiger partial charge in [0.1, 0.15) is 5.52 Å². The Labute approximate surface area is 187 Å². The highest BCUT2D eigenvalue weighted by Gasteiger charge is 2.40. The Balaban J connectivity index is 1.17. The molecule has 0 atom stereocenters. The molecular formula is C21H29N5O5S. The lowest BCUT2D eigenvalue weighted by Crippen LogP contribution is -2.47. The second-order valence-corrected chi connectivity index (χ2v) is 10.6. The molecule has 1 aromatic carbocycles. The molecule has 4 heterocycles. The highest BCUT2D eigenvalue weighted by molar-refractivity contribution is 7.89. The molecule has 1 aromatic heterocycles. The lowest BCUT2D eigenvalue weighted by molar-refractivity contribution is -0.187. The van der Waals surface area contributed by atoms with Crippen LogP contribution in [0.5, 0.6) is 0 Å². The van der Waals surface area contributed by atoms with Crippen molar-refractivity contribution in [2.45, 2.75) is 55.8 Å². The summed E-state index contributed by atoms with van der Waals surface area (Å²) in [7, 11) is -3.48. The number of aromatic nitrogens is 3. The van der Waals surface area contributed by atoms with Gasteiger partial charge in [0.15, 0.2) is 5.79 Å². The number of hydrogen-bond acceptors (Lipinski definition) is 7. The van der Waals surface area contributed by atoms with Gasteiger partial charge in [-0.15, -0.1) is 5.10 Å². The van der Waals surface area contributed by atoms with Crippen LogP contribution in [0.3, 0.4) is 0 Å². The molecule has 3 fully saturated rings. The van der Waals surface area contributed by atoms with Gasteiger partial charge >= 0.3 is 0 Å². The van der Waals surface area contributed by atoms with Gasteiger partial charge in [-0.25, -0.2) is 13.1 Å². The van der Waals surface area contributed by atoms with E-state index in [0.29, 0.717) is 64.3 Å². The number of ether oxygens (including phenoxy) is 2. The largest absolute Gasteiger partial charge is 0.347 e. The Morgan fingerprint density at radius 3 is 2.50 bits per heavy atom. The maximum absolute atomic E-state index is 12.8. The van der Waals surface area contributed by atoms with E-state index >= 15 is 0 Å². The van der Waals surface area contributed by atoms with Crippen molar-refractivity contribution in [3.8, 4) is 0 Å². The van der Waals surface area contributed by atoms with Gasteiger partial charge in [0.05, 0.1) is 23.6 Å². The third-order valence-corrected chi connectivity index (χ3v) is 8.53. The Kier molecular flexibility index (Phi) is 5.91. The van der Waals surface area contributed by atoms with Crippen molar-refractivity contribution in [3.63, 3.8) is 0 Å². The number of carbonyl (C=O) groups excluding carboxylic acids is 1. The molecule has 0 N–H and O–H groups in total. The second kappa shape index (κ2) is 8.69. The van der Waals surface area contributed by atoms with Gasteiger partial charge < -0.3 is 14.4 Å². The number of carbonyl (C=O) groups is 1. The van der Waals surface area contributed by atoms with E-state index in [9.17, 15) is 13.2 Å². The average Bonchev–Trinajstić information content (AvgIpc) is 3.56. The third kappa shape index (κ3) is 4.14. The normalized spacial score (nSPS) is 21.7. The minimum Gasteiger partial charge on any atom is -0.347 e. The Hall–Kier alpha value is -2.08. The van der Waals surface area contributed by atoms with Crippen LogP contribution in [-0.2, 0) is 30.8 Å². The zero-order valence-electron chi connectivity index (χ0n) is 18.1. The molecule has 0 radical (unpaired) electrons. The molecule has 10 nitrogen and oxygen atoms in total. The molecule has 0 bridgehead atoms. The number of nitrogens with zero attached hydrogens (tertiary/aromatic N) is 5. The molecule has 11 heteroatoms. The van der Waals surface area contributed by atoms with Crippen LogP contribution < -0.4 is 0 Å². The summed E-state index contributed by atoms with van der Waals surface area (Å²) in [5, 5.41) is 8.33. The molecule has 3 aliphatic heterocycles. The van der Waals surface area contributed by atoms with E-state index in [0.717, 1.165) is 31.2 Å². The highest BCUT2D eigenvalue weighted by Crippen LogP contribution is 2.31. The number of sulfonamides is 1. The fourth-order valence-electron chi connectivity index (χ4n) is 4.78. The molecule has 0 aliphatic carbocycles. The molecular weight excluding hydrogens is 434 g/mol. The summed E-state index contributed by atoms with van der Waals surface area (Å²) in [4.78, 5) is 14.7. The van der Waals surface area contributed by atoms with Crippen LogP contribution in [0.1, 0.15) is 38.5 Å². The van der Waals surface area contributed by atoms with Crippen molar-refractivity contribution in [1.29, 1.82) is 0 Å². The number of rotatable bonds is 6. The minimum atomic E-state index is -3.48. The van der Waals surface area contributed by atoms with Crippen LogP contribution in [-0.4, -0.2) is 83.7 Å². The predicted octanol–water partition coefficient (Wildman–Crippen LogP) is 1.36. The number of piperidine rings is 1. The number of fused-ring (bicyclic) bond motifs is 1. The predicted molar refractivity (Wildman–Crippen MR) is 115 cm³/mol. The molecule has 1 spiro atoms. The summed E-state index contributed by atoms with van der Waals surface area (Å²) in [6.45, 7) is 4.25. The van der Waals surface area contributed by atoms with E-state index in [2.05, 4.69) is 10.3 Å². The SMILES string of the molecule is O=C(CCCn1nnc2cc(S(=O)(=O)N3CCCC3)ccc21)N1CCC2(CC1)OCCO2. The van der Waals surface area contributed by atoms with Gasteiger partial charge in [0, 0.05) is 52.0 Å². The van der Waals surface area contributed by atoms with Crippen LogP contribution in [0.25, 0.3) is 11.0 Å². The van der Waals surface area contributed by atoms with Crippen molar-refractivity contribution in [3.05, 3.63) is 18.2 Å². The van der Waals surface area contributed by atoms with E-state index in [1.807, 2.05) is 4.90 Å². The van der Waals surface area contributed by atoms with Crippen LogP contribution in [0.15, 0.2) is 23.1 Å². The van der Waals surface area contributed by atoms with Crippen LogP contribution in [0.4, 0.5) is 0 Å². The summed E-state index contributed by atoms with van der Waals surface area (Å²) in [5.74, 6) is -0.349. The van der Waals surface area contributed by atoms with E-state index in [1.165, 1.54) is 4.31 Å². The van der Waals surface area contributed by atoms with Gasteiger partial charge in [0.2, 0.25) is 15.9 Å². The Morgan fingerprint density at radius 1 is 1.06 bits per heavy atom. The van der Waals surface area contributed by atoms with Crippen LogP contribution in [0, 0.1) is 0 Å².